The van der Waals surface area contributed by atoms with Crippen molar-refractivity contribution in [2.75, 3.05) is 43.1 Å². The maximum absolute atomic E-state index is 8.92. The fourth-order valence-electron chi connectivity index (χ4n) is 2.53. The van der Waals surface area contributed by atoms with Gasteiger partial charge in [0.15, 0.2) is 0 Å². The van der Waals surface area contributed by atoms with Gasteiger partial charge in [0.25, 0.3) is 0 Å². The number of nitrogens with zero attached hydrogens (tertiary/aromatic N) is 5. The summed E-state index contributed by atoms with van der Waals surface area (Å²) in [5.41, 5.74) is 1.56. The van der Waals surface area contributed by atoms with E-state index in [1.165, 1.54) is 0 Å². The molecular formula is C16H17N5O. The van der Waals surface area contributed by atoms with Crippen molar-refractivity contribution in [3.8, 4) is 11.8 Å². The van der Waals surface area contributed by atoms with Crippen molar-refractivity contribution in [1.82, 2.24) is 9.97 Å². The molecule has 0 spiro atoms. The summed E-state index contributed by atoms with van der Waals surface area (Å²) in [6, 6.07) is 11.8. The van der Waals surface area contributed by atoms with Crippen LogP contribution in [0.25, 0.3) is 0 Å². The Balaban J connectivity index is 1.68. The molecule has 2 heterocycles. The van der Waals surface area contributed by atoms with E-state index in [4.69, 9.17) is 10.00 Å². The zero-order chi connectivity index (χ0) is 15.4. The molecule has 0 unspecified atom stereocenters. The van der Waals surface area contributed by atoms with E-state index in [-0.39, 0.29) is 0 Å². The largest absolute Gasteiger partial charge is 0.497 e. The van der Waals surface area contributed by atoms with Gasteiger partial charge >= 0.3 is 0 Å². The minimum absolute atomic E-state index is 0.403. The van der Waals surface area contributed by atoms with Crippen molar-refractivity contribution in [3.63, 3.8) is 0 Å². The molecule has 1 aromatic heterocycles. The van der Waals surface area contributed by atoms with E-state index in [2.05, 4.69) is 31.9 Å². The van der Waals surface area contributed by atoms with E-state index < -0.39 is 0 Å². The number of hydrogen-bond donors (Lipinski definition) is 0. The van der Waals surface area contributed by atoms with Gasteiger partial charge in [-0.3, -0.25) is 0 Å². The SMILES string of the molecule is COc1cccc(N2CCN(c3nccc(C#N)n3)CC2)c1. The van der Waals surface area contributed by atoms with Crippen LogP contribution in [0.1, 0.15) is 5.69 Å². The van der Waals surface area contributed by atoms with Gasteiger partial charge in [0.2, 0.25) is 5.95 Å². The molecule has 2 aromatic rings. The van der Waals surface area contributed by atoms with Crippen molar-refractivity contribution in [1.29, 1.82) is 5.26 Å². The van der Waals surface area contributed by atoms with Crippen LogP contribution in [0, 0.1) is 11.3 Å². The summed E-state index contributed by atoms with van der Waals surface area (Å²) in [6.45, 7) is 3.42. The second-order valence-electron chi connectivity index (χ2n) is 5.03. The summed E-state index contributed by atoms with van der Waals surface area (Å²) in [4.78, 5) is 12.9. The van der Waals surface area contributed by atoms with E-state index in [1.807, 2.05) is 18.2 Å². The highest BCUT2D eigenvalue weighted by Crippen LogP contribution is 2.22. The molecular weight excluding hydrogens is 278 g/mol. The van der Waals surface area contributed by atoms with Crippen molar-refractivity contribution in [2.45, 2.75) is 0 Å². The first kappa shape index (κ1) is 14.1. The molecule has 22 heavy (non-hydrogen) atoms. The second kappa shape index (κ2) is 6.31. The molecule has 1 aliphatic heterocycles. The maximum Gasteiger partial charge on any atom is 0.226 e. The van der Waals surface area contributed by atoms with Crippen LogP contribution in [-0.2, 0) is 0 Å². The molecule has 1 fully saturated rings. The Labute approximate surface area is 129 Å². The number of piperazine rings is 1. The van der Waals surface area contributed by atoms with Gasteiger partial charge in [-0.05, 0) is 18.2 Å². The number of ether oxygens (including phenoxy) is 1. The third-order valence-corrected chi connectivity index (χ3v) is 3.74. The molecule has 0 atom stereocenters. The third-order valence-electron chi connectivity index (χ3n) is 3.74. The lowest BCUT2D eigenvalue weighted by Crippen LogP contribution is -2.47. The van der Waals surface area contributed by atoms with E-state index in [0.717, 1.165) is 37.6 Å². The number of nitriles is 1. The van der Waals surface area contributed by atoms with Crippen LogP contribution in [0.15, 0.2) is 36.5 Å². The molecule has 6 heteroatoms. The predicted molar refractivity (Wildman–Crippen MR) is 84.2 cm³/mol. The molecule has 1 aliphatic rings. The van der Waals surface area contributed by atoms with Gasteiger partial charge in [-0.25, -0.2) is 9.97 Å². The van der Waals surface area contributed by atoms with Crippen molar-refractivity contribution in [3.05, 3.63) is 42.2 Å². The molecule has 3 rings (SSSR count). The van der Waals surface area contributed by atoms with Crippen LogP contribution in [0.3, 0.4) is 0 Å². The monoisotopic (exact) mass is 295 g/mol. The quantitative estimate of drug-likeness (QED) is 0.858. The van der Waals surface area contributed by atoms with Gasteiger partial charge < -0.3 is 14.5 Å². The minimum atomic E-state index is 0.403. The average Bonchev–Trinajstić information content (AvgIpc) is 2.62. The summed E-state index contributed by atoms with van der Waals surface area (Å²) in [5.74, 6) is 1.49. The van der Waals surface area contributed by atoms with Crippen LogP contribution >= 0.6 is 0 Å². The number of benzene rings is 1. The summed E-state index contributed by atoms with van der Waals surface area (Å²) in [5, 5.41) is 8.92. The molecule has 0 amide bonds. The number of rotatable bonds is 3. The van der Waals surface area contributed by atoms with Crippen molar-refractivity contribution < 1.29 is 4.74 Å². The van der Waals surface area contributed by atoms with Crippen molar-refractivity contribution >= 4 is 11.6 Å². The summed E-state index contributed by atoms with van der Waals surface area (Å²) in [6.07, 6.45) is 1.63. The molecule has 0 radical (unpaired) electrons. The Bertz CT molecular complexity index is 689. The maximum atomic E-state index is 8.92. The van der Waals surface area contributed by atoms with E-state index in [1.54, 1.807) is 19.4 Å². The Morgan fingerprint density at radius 3 is 2.64 bits per heavy atom. The van der Waals surface area contributed by atoms with Gasteiger partial charge in [-0.1, -0.05) is 6.07 Å². The summed E-state index contributed by atoms with van der Waals surface area (Å²) in [7, 11) is 1.68. The zero-order valence-corrected chi connectivity index (χ0v) is 12.4. The Kier molecular flexibility index (Phi) is 4.05. The molecule has 0 N–H and O–H groups in total. The number of aromatic nitrogens is 2. The molecule has 0 saturated carbocycles. The number of anilines is 2. The van der Waals surface area contributed by atoms with Gasteiger partial charge in [0.1, 0.15) is 17.5 Å². The lowest BCUT2D eigenvalue weighted by atomic mass is 10.2. The molecule has 1 aromatic carbocycles. The van der Waals surface area contributed by atoms with Crippen LogP contribution in [0.2, 0.25) is 0 Å². The lowest BCUT2D eigenvalue weighted by Gasteiger charge is -2.36. The van der Waals surface area contributed by atoms with Crippen LogP contribution in [-0.4, -0.2) is 43.3 Å². The Morgan fingerprint density at radius 2 is 1.91 bits per heavy atom. The first-order valence-corrected chi connectivity index (χ1v) is 7.17. The average molecular weight is 295 g/mol. The van der Waals surface area contributed by atoms with Crippen LogP contribution in [0.4, 0.5) is 11.6 Å². The van der Waals surface area contributed by atoms with Gasteiger partial charge in [0, 0.05) is 44.1 Å². The second-order valence-corrected chi connectivity index (χ2v) is 5.03. The summed E-state index contributed by atoms with van der Waals surface area (Å²) < 4.78 is 5.27. The van der Waals surface area contributed by atoms with E-state index >= 15 is 0 Å². The number of hydrogen-bond acceptors (Lipinski definition) is 6. The fourth-order valence-corrected chi connectivity index (χ4v) is 2.53. The molecule has 112 valence electrons. The third kappa shape index (κ3) is 2.93. The molecule has 6 nitrogen and oxygen atoms in total. The molecule has 0 bridgehead atoms. The highest BCUT2D eigenvalue weighted by Gasteiger charge is 2.19. The lowest BCUT2D eigenvalue weighted by molar-refractivity contribution is 0.414. The highest BCUT2D eigenvalue weighted by molar-refractivity contribution is 5.52. The first-order chi connectivity index (χ1) is 10.8. The normalized spacial score (nSPS) is 14.5. The number of methoxy groups -OCH3 is 1. The Hall–Kier alpha value is -2.81. The minimum Gasteiger partial charge on any atom is -0.497 e. The van der Waals surface area contributed by atoms with Gasteiger partial charge in [0.05, 0.1) is 7.11 Å². The van der Waals surface area contributed by atoms with Gasteiger partial charge in [-0.2, -0.15) is 5.26 Å². The highest BCUT2D eigenvalue weighted by atomic mass is 16.5. The molecule has 1 saturated heterocycles. The summed E-state index contributed by atoms with van der Waals surface area (Å²) >= 11 is 0. The van der Waals surface area contributed by atoms with Gasteiger partial charge in [-0.15, -0.1) is 0 Å². The van der Waals surface area contributed by atoms with Crippen molar-refractivity contribution in [2.24, 2.45) is 0 Å². The van der Waals surface area contributed by atoms with E-state index in [0.29, 0.717) is 11.6 Å². The van der Waals surface area contributed by atoms with Crippen LogP contribution < -0.4 is 14.5 Å². The zero-order valence-electron chi connectivity index (χ0n) is 12.4. The standard InChI is InChI=1S/C16H17N5O/c1-22-15-4-2-3-14(11-15)20-7-9-21(10-8-20)16-18-6-5-13(12-17)19-16/h2-6,11H,7-10H2,1H3. The fraction of sp³-hybridized carbons (Fsp3) is 0.312. The predicted octanol–water partition coefficient (Wildman–Crippen LogP) is 1.68. The van der Waals surface area contributed by atoms with E-state index in [9.17, 15) is 0 Å². The van der Waals surface area contributed by atoms with Crippen LogP contribution in [0.5, 0.6) is 5.75 Å². The smallest absolute Gasteiger partial charge is 0.226 e. The Morgan fingerprint density at radius 1 is 1.14 bits per heavy atom. The first-order valence-electron chi connectivity index (χ1n) is 7.17. The topological polar surface area (TPSA) is 65.3 Å². The molecule has 0 aliphatic carbocycles.